The van der Waals surface area contributed by atoms with Gasteiger partial charge in [0.25, 0.3) is 5.91 Å². The molecule has 5 aromatic rings. The Kier molecular flexibility index (Phi) is 5.43. The van der Waals surface area contributed by atoms with Crippen molar-refractivity contribution >= 4 is 16.9 Å². The Hall–Kier alpha value is -4.66. The third-order valence-corrected chi connectivity index (χ3v) is 5.60. The molecule has 0 aliphatic rings. The second-order valence-corrected chi connectivity index (χ2v) is 7.75. The van der Waals surface area contributed by atoms with E-state index in [1.54, 1.807) is 49.8 Å². The monoisotopic (exact) mass is 454 g/mol. The van der Waals surface area contributed by atoms with Crippen LogP contribution in [0.4, 0.5) is 0 Å². The molecule has 5 rings (SSSR count). The molecule has 9 nitrogen and oxygen atoms in total. The van der Waals surface area contributed by atoms with Gasteiger partial charge in [0.2, 0.25) is 5.88 Å². The number of nitrogens with one attached hydrogen (secondary N) is 2. The SMILES string of the molecule is COc1ncccc1-c1ccc(O)c(-c2nc3ccc(C(=O)NCc4nccn4C)cc3[nH]2)c1. The quantitative estimate of drug-likeness (QED) is 0.360. The highest BCUT2D eigenvalue weighted by atomic mass is 16.5. The van der Waals surface area contributed by atoms with Gasteiger partial charge in [0.1, 0.15) is 17.4 Å². The lowest BCUT2D eigenvalue weighted by Crippen LogP contribution is -2.24. The first kappa shape index (κ1) is 21.2. The van der Waals surface area contributed by atoms with Gasteiger partial charge in [-0.05, 0) is 48.0 Å². The van der Waals surface area contributed by atoms with E-state index in [0.29, 0.717) is 40.4 Å². The molecule has 3 aromatic heterocycles. The summed E-state index contributed by atoms with van der Waals surface area (Å²) in [6.45, 7) is 0.326. The van der Waals surface area contributed by atoms with Crippen molar-refractivity contribution in [3.8, 4) is 34.1 Å². The van der Waals surface area contributed by atoms with Gasteiger partial charge in [0, 0.05) is 36.8 Å². The van der Waals surface area contributed by atoms with E-state index in [0.717, 1.165) is 17.0 Å². The third-order valence-electron chi connectivity index (χ3n) is 5.60. The highest BCUT2D eigenvalue weighted by Gasteiger charge is 2.15. The fraction of sp³-hybridized carbons (Fsp3) is 0.120. The lowest BCUT2D eigenvalue weighted by molar-refractivity contribution is 0.0949. The van der Waals surface area contributed by atoms with Crippen molar-refractivity contribution in [3.63, 3.8) is 0 Å². The van der Waals surface area contributed by atoms with E-state index in [4.69, 9.17) is 4.74 Å². The van der Waals surface area contributed by atoms with E-state index in [1.807, 2.05) is 36.0 Å². The lowest BCUT2D eigenvalue weighted by Gasteiger charge is -2.09. The number of phenolic OH excluding ortho intramolecular Hbond substituents is 1. The fourth-order valence-electron chi connectivity index (χ4n) is 3.77. The molecule has 34 heavy (non-hydrogen) atoms. The molecule has 9 heteroatoms. The van der Waals surface area contributed by atoms with E-state index in [-0.39, 0.29) is 11.7 Å². The van der Waals surface area contributed by atoms with Crippen molar-refractivity contribution in [1.29, 1.82) is 0 Å². The summed E-state index contributed by atoms with van der Waals surface area (Å²) in [6, 6.07) is 14.2. The number of fused-ring (bicyclic) bond motifs is 1. The molecule has 0 fully saturated rings. The number of amides is 1. The van der Waals surface area contributed by atoms with Crippen LogP contribution in [0.5, 0.6) is 11.6 Å². The van der Waals surface area contributed by atoms with Crippen LogP contribution in [0, 0.1) is 0 Å². The first-order valence-corrected chi connectivity index (χ1v) is 10.6. The maximum Gasteiger partial charge on any atom is 0.251 e. The Morgan fingerprint density at radius 2 is 2.00 bits per heavy atom. The second kappa shape index (κ2) is 8.70. The lowest BCUT2D eigenvalue weighted by atomic mass is 10.0. The standard InChI is InChI=1S/C25H22N6O3/c1-31-11-10-26-22(31)14-28-24(33)16-5-7-19-20(13-16)30-23(29-19)18-12-15(6-8-21(18)32)17-4-3-9-27-25(17)34-2/h3-13,32H,14H2,1-2H3,(H,28,33)(H,29,30). The number of rotatable bonds is 6. The van der Waals surface area contributed by atoms with Crippen LogP contribution in [0.15, 0.2) is 67.1 Å². The summed E-state index contributed by atoms with van der Waals surface area (Å²) in [5.74, 6) is 1.61. The summed E-state index contributed by atoms with van der Waals surface area (Å²) in [7, 11) is 3.44. The summed E-state index contributed by atoms with van der Waals surface area (Å²) < 4.78 is 7.22. The molecule has 2 aromatic carbocycles. The Bertz CT molecular complexity index is 1500. The van der Waals surface area contributed by atoms with Gasteiger partial charge < -0.3 is 24.7 Å². The molecule has 1 amide bonds. The predicted octanol–water partition coefficient (Wildman–Crippen LogP) is 3.67. The van der Waals surface area contributed by atoms with Crippen LogP contribution in [0.2, 0.25) is 0 Å². The highest BCUT2D eigenvalue weighted by molar-refractivity contribution is 5.97. The number of aromatic hydroxyl groups is 1. The van der Waals surface area contributed by atoms with Crippen molar-refractivity contribution in [3.05, 3.63) is 78.5 Å². The number of H-pyrrole nitrogens is 1. The molecule has 0 aliphatic heterocycles. The second-order valence-electron chi connectivity index (χ2n) is 7.75. The molecule has 3 heterocycles. The molecule has 0 saturated heterocycles. The number of carbonyl (C=O) groups excluding carboxylic acids is 1. The largest absolute Gasteiger partial charge is 0.507 e. The van der Waals surface area contributed by atoms with Gasteiger partial charge in [-0.3, -0.25) is 4.79 Å². The molecular formula is C25H22N6O3. The number of benzene rings is 2. The molecule has 0 spiro atoms. The smallest absolute Gasteiger partial charge is 0.251 e. The molecule has 0 radical (unpaired) electrons. The van der Waals surface area contributed by atoms with E-state index in [2.05, 4.69) is 25.3 Å². The molecule has 170 valence electrons. The van der Waals surface area contributed by atoms with E-state index >= 15 is 0 Å². The summed E-state index contributed by atoms with van der Waals surface area (Å²) in [6.07, 6.45) is 5.18. The number of aromatic amines is 1. The number of phenols is 1. The van der Waals surface area contributed by atoms with Gasteiger partial charge in [-0.1, -0.05) is 6.07 Å². The number of aryl methyl sites for hydroxylation is 1. The topological polar surface area (TPSA) is 118 Å². The number of aromatic nitrogens is 5. The number of imidazole rings is 2. The summed E-state index contributed by atoms with van der Waals surface area (Å²) in [5, 5.41) is 13.4. The Labute approximate surface area is 195 Å². The average molecular weight is 454 g/mol. The van der Waals surface area contributed by atoms with Crippen LogP contribution >= 0.6 is 0 Å². The maximum atomic E-state index is 12.6. The highest BCUT2D eigenvalue weighted by Crippen LogP contribution is 2.35. The van der Waals surface area contributed by atoms with Gasteiger partial charge in [-0.2, -0.15) is 0 Å². The first-order valence-electron chi connectivity index (χ1n) is 10.6. The summed E-state index contributed by atoms with van der Waals surface area (Å²) in [4.78, 5) is 28.9. The normalized spacial score (nSPS) is 11.0. The molecule has 0 atom stereocenters. The molecular weight excluding hydrogens is 432 g/mol. The first-order chi connectivity index (χ1) is 16.5. The van der Waals surface area contributed by atoms with Crippen LogP contribution < -0.4 is 10.1 Å². The van der Waals surface area contributed by atoms with Crippen molar-refractivity contribution in [2.45, 2.75) is 6.54 Å². The number of carbonyl (C=O) groups is 1. The van der Waals surface area contributed by atoms with Crippen LogP contribution in [-0.2, 0) is 13.6 Å². The van der Waals surface area contributed by atoms with Crippen LogP contribution in [0.3, 0.4) is 0 Å². The number of nitrogens with zero attached hydrogens (tertiary/aromatic N) is 4. The Morgan fingerprint density at radius 3 is 2.79 bits per heavy atom. The van der Waals surface area contributed by atoms with E-state index in [1.165, 1.54) is 0 Å². The minimum atomic E-state index is -0.213. The van der Waals surface area contributed by atoms with Gasteiger partial charge in [-0.15, -0.1) is 0 Å². The molecule has 0 unspecified atom stereocenters. The summed E-state index contributed by atoms with van der Waals surface area (Å²) in [5.41, 5.74) is 4.01. The van der Waals surface area contributed by atoms with E-state index in [9.17, 15) is 9.90 Å². The Morgan fingerprint density at radius 1 is 1.12 bits per heavy atom. The van der Waals surface area contributed by atoms with Gasteiger partial charge in [0.05, 0.1) is 30.3 Å². The third kappa shape index (κ3) is 3.95. The zero-order chi connectivity index (χ0) is 23.7. The van der Waals surface area contributed by atoms with Crippen molar-refractivity contribution in [2.75, 3.05) is 7.11 Å². The van der Waals surface area contributed by atoms with Crippen LogP contribution in [0.1, 0.15) is 16.2 Å². The number of pyridine rings is 1. The van der Waals surface area contributed by atoms with Gasteiger partial charge in [0.15, 0.2) is 0 Å². The van der Waals surface area contributed by atoms with Crippen molar-refractivity contribution in [2.24, 2.45) is 7.05 Å². The summed E-state index contributed by atoms with van der Waals surface area (Å²) >= 11 is 0. The molecule has 0 saturated carbocycles. The van der Waals surface area contributed by atoms with Crippen molar-refractivity contribution < 1.29 is 14.6 Å². The number of ether oxygens (including phenoxy) is 1. The van der Waals surface area contributed by atoms with Gasteiger partial charge in [-0.25, -0.2) is 15.0 Å². The number of methoxy groups -OCH3 is 1. The van der Waals surface area contributed by atoms with Gasteiger partial charge >= 0.3 is 0 Å². The predicted molar refractivity (Wildman–Crippen MR) is 127 cm³/mol. The molecule has 3 N–H and O–H groups in total. The van der Waals surface area contributed by atoms with Crippen LogP contribution in [0.25, 0.3) is 33.5 Å². The zero-order valence-corrected chi connectivity index (χ0v) is 18.6. The zero-order valence-electron chi connectivity index (χ0n) is 18.6. The fourth-order valence-corrected chi connectivity index (χ4v) is 3.77. The minimum absolute atomic E-state index is 0.0821. The number of hydrogen-bond donors (Lipinski definition) is 3. The molecule has 0 bridgehead atoms. The van der Waals surface area contributed by atoms with Crippen LogP contribution in [-0.4, -0.2) is 42.6 Å². The average Bonchev–Trinajstić information content (AvgIpc) is 3.48. The molecule has 0 aliphatic carbocycles. The number of hydrogen-bond acceptors (Lipinski definition) is 6. The minimum Gasteiger partial charge on any atom is -0.507 e. The van der Waals surface area contributed by atoms with E-state index < -0.39 is 0 Å². The van der Waals surface area contributed by atoms with Crippen molar-refractivity contribution in [1.82, 2.24) is 29.8 Å². The Balaban J connectivity index is 1.45. The maximum absolute atomic E-state index is 12.6.